The van der Waals surface area contributed by atoms with Crippen molar-refractivity contribution in [2.24, 2.45) is 10.4 Å². The SMILES string of the molecule is CCNC(=NCC1(C(=O)N(C)C)CCCC1)NCCc1ccc(N(C)C)cc1. The van der Waals surface area contributed by atoms with E-state index in [0.29, 0.717) is 6.54 Å². The molecular weight excluding hydrogens is 350 g/mol. The number of amides is 1. The maximum absolute atomic E-state index is 12.7. The maximum atomic E-state index is 12.7. The molecule has 0 heterocycles. The van der Waals surface area contributed by atoms with Crippen LogP contribution in [0.4, 0.5) is 5.69 Å². The number of hydrogen-bond acceptors (Lipinski definition) is 3. The Morgan fingerprint density at radius 3 is 2.25 bits per heavy atom. The quantitative estimate of drug-likeness (QED) is 0.531. The Labute approximate surface area is 170 Å². The Hall–Kier alpha value is -2.24. The molecule has 1 amide bonds. The molecule has 2 N–H and O–H groups in total. The molecule has 0 radical (unpaired) electrons. The van der Waals surface area contributed by atoms with E-state index in [1.807, 2.05) is 28.2 Å². The van der Waals surface area contributed by atoms with Crippen molar-refractivity contribution in [3.8, 4) is 0 Å². The van der Waals surface area contributed by atoms with Gasteiger partial charge in [-0.2, -0.15) is 0 Å². The number of rotatable bonds is 8. The number of benzene rings is 1. The second-order valence-electron chi connectivity index (χ2n) is 8.12. The van der Waals surface area contributed by atoms with Gasteiger partial charge in [-0.15, -0.1) is 0 Å². The van der Waals surface area contributed by atoms with Crippen LogP contribution < -0.4 is 15.5 Å². The lowest BCUT2D eigenvalue weighted by molar-refractivity contribution is -0.138. The van der Waals surface area contributed by atoms with Gasteiger partial charge in [0.25, 0.3) is 0 Å². The van der Waals surface area contributed by atoms with Crippen molar-refractivity contribution in [2.45, 2.75) is 39.0 Å². The van der Waals surface area contributed by atoms with Crippen molar-refractivity contribution >= 4 is 17.6 Å². The van der Waals surface area contributed by atoms with E-state index in [-0.39, 0.29) is 11.3 Å². The highest BCUT2D eigenvalue weighted by Crippen LogP contribution is 2.39. The van der Waals surface area contributed by atoms with Gasteiger partial charge in [-0.1, -0.05) is 25.0 Å². The van der Waals surface area contributed by atoms with Crippen LogP contribution in [0.1, 0.15) is 38.2 Å². The zero-order valence-electron chi connectivity index (χ0n) is 18.2. The number of carbonyl (C=O) groups is 1. The summed E-state index contributed by atoms with van der Waals surface area (Å²) in [4.78, 5) is 21.3. The van der Waals surface area contributed by atoms with Gasteiger partial charge in [0.15, 0.2) is 5.96 Å². The average molecular weight is 388 g/mol. The molecule has 1 fully saturated rings. The first-order valence-corrected chi connectivity index (χ1v) is 10.4. The molecule has 1 aliphatic rings. The molecule has 28 heavy (non-hydrogen) atoms. The number of nitrogens with one attached hydrogen (secondary N) is 2. The van der Waals surface area contributed by atoms with Gasteiger partial charge in [-0.25, -0.2) is 0 Å². The predicted molar refractivity (Wildman–Crippen MR) is 118 cm³/mol. The Kier molecular flexibility index (Phi) is 8.15. The van der Waals surface area contributed by atoms with E-state index >= 15 is 0 Å². The molecule has 1 saturated carbocycles. The van der Waals surface area contributed by atoms with Crippen LogP contribution in [0, 0.1) is 5.41 Å². The normalized spacial score (nSPS) is 16.0. The summed E-state index contributed by atoms with van der Waals surface area (Å²) >= 11 is 0. The lowest BCUT2D eigenvalue weighted by Crippen LogP contribution is -2.43. The van der Waals surface area contributed by atoms with Crippen LogP contribution in [-0.2, 0) is 11.2 Å². The molecule has 0 spiro atoms. The fraction of sp³-hybridized carbons (Fsp3) is 0.636. The minimum atomic E-state index is -0.326. The molecule has 0 aliphatic heterocycles. The lowest BCUT2D eigenvalue weighted by Gasteiger charge is -2.29. The van der Waals surface area contributed by atoms with Crippen LogP contribution in [-0.4, -0.2) is 64.6 Å². The summed E-state index contributed by atoms with van der Waals surface area (Å²) in [6, 6.07) is 8.63. The molecule has 2 rings (SSSR count). The number of guanidine groups is 1. The molecule has 156 valence electrons. The van der Waals surface area contributed by atoms with Crippen LogP contribution >= 0.6 is 0 Å². The van der Waals surface area contributed by atoms with Crippen molar-refractivity contribution in [1.29, 1.82) is 0 Å². The van der Waals surface area contributed by atoms with Gasteiger partial charge in [0.1, 0.15) is 0 Å². The fourth-order valence-electron chi connectivity index (χ4n) is 3.82. The molecular formula is C22H37N5O. The topological polar surface area (TPSA) is 60.0 Å². The van der Waals surface area contributed by atoms with Gasteiger partial charge in [0.2, 0.25) is 5.91 Å². The van der Waals surface area contributed by atoms with Crippen molar-refractivity contribution < 1.29 is 4.79 Å². The third-order valence-corrected chi connectivity index (χ3v) is 5.46. The molecule has 1 aromatic carbocycles. The van der Waals surface area contributed by atoms with Gasteiger partial charge >= 0.3 is 0 Å². The minimum absolute atomic E-state index is 0.214. The molecule has 1 aromatic rings. The van der Waals surface area contributed by atoms with Gasteiger partial charge in [-0.3, -0.25) is 9.79 Å². The molecule has 6 heteroatoms. The first kappa shape index (κ1) is 22.1. The molecule has 0 unspecified atom stereocenters. The van der Waals surface area contributed by atoms with Gasteiger partial charge < -0.3 is 20.4 Å². The monoisotopic (exact) mass is 387 g/mol. The molecule has 0 aromatic heterocycles. The maximum Gasteiger partial charge on any atom is 0.230 e. The number of nitrogens with zero attached hydrogens (tertiary/aromatic N) is 3. The van der Waals surface area contributed by atoms with Crippen LogP contribution in [0.25, 0.3) is 0 Å². The highest BCUT2D eigenvalue weighted by Gasteiger charge is 2.42. The summed E-state index contributed by atoms with van der Waals surface area (Å²) < 4.78 is 0. The smallest absolute Gasteiger partial charge is 0.230 e. The Morgan fingerprint density at radius 1 is 1.07 bits per heavy atom. The van der Waals surface area contributed by atoms with E-state index in [1.54, 1.807) is 4.90 Å². The van der Waals surface area contributed by atoms with Crippen LogP contribution in [0.3, 0.4) is 0 Å². The molecule has 6 nitrogen and oxygen atoms in total. The van der Waals surface area contributed by atoms with Crippen molar-refractivity contribution in [1.82, 2.24) is 15.5 Å². The molecule has 0 bridgehead atoms. The summed E-state index contributed by atoms with van der Waals surface area (Å²) in [5.41, 5.74) is 2.18. The molecule has 1 aliphatic carbocycles. The summed E-state index contributed by atoms with van der Waals surface area (Å²) in [6.07, 6.45) is 5.03. The fourth-order valence-corrected chi connectivity index (χ4v) is 3.82. The number of carbonyl (C=O) groups excluding carboxylic acids is 1. The summed E-state index contributed by atoms with van der Waals surface area (Å²) in [7, 11) is 7.79. The number of aliphatic imine (C=N–C) groups is 1. The van der Waals surface area contributed by atoms with E-state index in [9.17, 15) is 4.79 Å². The van der Waals surface area contributed by atoms with Crippen LogP contribution in [0.2, 0.25) is 0 Å². The van der Waals surface area contributed by atoms with Gasteiger partial charge in [0, 0.05) is 47.0 Å². The number of anilines is 1. The Morgan fingerprint density at radius 2 is 1.71 bits per heavy atom. The zero-order chi connectivity index (χ0) is 20.6. The van der Waals surface area contributed by atoms with Crippen molar-refractivity contribution in [3.05, 3.63) is 29.8 Å². The highest BCUT2D eigenvalue weighted by molar-refractivity contribution is 5.84. The minimum Gasteiger partial charge on any atom is -0.378 e. The standard InChI is InChI=1S/C22H37N5O/c1-6-23-21(24-16-13-18-9-11-19(12-10-18)26(2)3)25-17-22(14-7-8-15-22)20(28)27(4)5/h9-12H,6-8,13-17H2,1-5H3,(H2,23,24,25). The van der Waals surface area contributed by atoms with Crippen molar-refractivity contribution in [2.75, 3.05) is 52.7 Å². The second kappa shape index (κ2) is 10.3. The average Bonchev–Trinajstić information content (AvgIpc) is 3.16. The lowest BCUT2D eigenvalue weighted by atomic mass is 9.85. The van der Waals surface area contributed by atoms with Crippen molar-refractivity contribution in [3.63, 3.8) is 0 Å². The van der Waals surface area contributed by atoms with E-state index < -0.39 is 0 Å². The molecule has 0 saturated heterocycles. The van der Waals surface area contributed by atoms with E-state index in [0.717, 1.165) is 51.2 Å². The summed E-state index contributed by atoms with van der Waals surface area (Å²) in [6.45, 7) is 4.23. The predicted octanol–water partition coefficient (Wildman–Crippen LogP) is 2.50. The van der Waals surface area contributed by atoms with E-state index in [4.69, 9.17) is 4.99 Å². The van der Waals surface area contributed by atoms with E-state index in [1.165, 1.54) is 11.3 Å². The van der Waals surface area contributed by atoms with Gasteiger partial charge in [-0.05, 0) is 43.9 Å². The largest absolute Gasteiger partial charge is 0.378 e. The second-order valence-corrected chi connectivity index (χ2v) is 8.12. The third-order valence-electron chi connectivity index (χ3n) is 5.46. The zero-order valence-corrected chi connectivity index (χ0v) is 18.2. The Bertz CT molecular complexity index is 645. The van der Waals surface area contributed by atoms with E-state index in [2.05, 4.69) is 46.7 Å². The van der Waals surface area contributed by atoms with Crippen LogP contribution in [0.15, 0.2) is 29.3 Å². The summed E-state index contributed by atoms with van der Waals surface area (Å²) in [5.74, 6) is 1.01. The Balaban J connectivity index is 1.95. The molecule has 0 atom stereocenters. The highest BCUT2D eigenvalue weighted by atomic mass is 16.2. The van der Waals surface area contributed by atoms with Crippen LogP contribution in [0.5, 0.6) is 0 Å². The summed E-state index contributed by atoms with van der Waals surface area (Å²) in [5, 5.41) is 6.73. The third kappa shape index (κ3) is 5.88. The first-order chi connectivity index (χ1) is 13.4. The first-order valence-electron chi connectivity index (χ1n) is 10.4. The van der Waals surface area contributed by atoms with Gasteiger partial charge in [0.05, 0.1) is 12.0 Å². The number of hydrogen-bond donors (Lipinski definition) is 2.